The van der Waals surface area contributed by atoms with Crippen LogP contribution < -0.4 is 14.8 Å². The minimum Gasteiger partial charge on any atom is -0.454 e. The van der Waals surface area contributed by atoms with E-state index in [0.717, 1.165) is 46.7 Å². The van der Waals surface area contributed by atoms with Gasteiger partial charge in [-0.05, 0) is 60.7 Å². The standard InChI is InChI=1S/C24H21NO3.H2/c1-16-5-7-17(8-6-16)18-3-2-4-20(13-18)25-23(26)24(11-12-24)19-9-10-21-22(14-19)28-15-27-21;/h2-10,13-14H,11-12,15H2,1H3,(H,25,26);1H. The molecule has 0 unspecified atom stereocenters. The highest BCUT2D eigenvalue weighted by Crippen LogP contribution is 2.51. The largest absolute Gasteiger partial charge is 0.454 e. The second-order valence-electron chi connectivity index (χ2n) is 7.55. The molecule has 3 aromatic carbocycles. The van der Waals surface area contributed by atoms with E-state index in [2.05, 4.69) is 42.6 Å². The molecule has 0 bridgehead atoms. The maximum atomic E-state index is 13.1. The van der Waals surface area contributed by atoms with Gasteiger partial charge in [-0.2, -0.15) is 0 Å². The number of aryl methyl sites for hydroxylation is 1. The summed E-state index contributed by atoms with van der Waals surface area (Å²) < 4.78 is 10.9. The Balaban J connectivity index is 0.00000205. The van der Waals surface area contributed by atoms with Crippen molar-refractivity contribution in [1.29, 1.82) is 0 Å². The van der Waals surface area contributed by atoms with E-state index in [4.69, 9.17) is 9.47 Å². The van der Waals surface area contributed by atoms with E-state index in [1.165, 1.54) is 5.56 Å². The van der Waals surface area contributed by atoms with Crippen LogP contribution in [0.15, 0.2) is 66.7 Å². The van der Waals surface area contributed by atoms with Crippen LogP contribution in [0.2, 0.25) is 0 Å². The monoisotopic (exact) mass is 373 g/mol. The number of rotatable bonds is 4. The van der Waals surface area contributed by atoms with E-state index in [-0.39, 0.29) is 14.1 Å². The van der Waals surface area contributed by atoms with Crippen LogP contribution in [0.4, 0.5) is 5.69 Å². The predicted octanol–water partition coefficient (Wildman–Crippen LogP) is 5.31. The Morgan fingerprint density at radius 2 is 1.71 bits per heavy atom. The van der Waals surface area contributed by atoms with Crippen LogP contribution in [0.25, 0.3) is 11.1 Å². The summed E-state index contributed by atoms with van der Waals surface area (Å²) in [6.45, 7) is 2.31. The SMILES string of the molecule is Cc1ccc(-c2cccc(NC(=O)C3(c4ccc5c(c4)OCO5)CC3)c2)cc1.[HH]. The number of nitrogens with one attached hydrogen (secondary N) is 1. The molecule has 1 aliphatic heterocycles. The molecule has 1 aliphatic carbocycles. The number of ether oxygens (including phenoxy) is 2. The van der Waals surface area contributed by atoms with Gasteiger partial charge in [-0.25, -0.2) is 0 Å². The van der Waals surface area contributed by atoms with Crippen LogP contribution in [0, 0.1) is 6.92 Å². The number of hydrogen-bond donors (Lipinski definition) is 1. The zero-order chi connectivity index (χ0) is 19.1. The maximum Gasteiger partial charge on any atom is 0.235 e. The van der Waals surface area contributed by atoms with E-state index < -0.39 is 5.41 Å². The lowest BCUT2D eigenvalue weighted by Gasteiger charge is -2.17. The lowest BCUT2D eigenvalue weighted by Crippen LogP contribution is -2.27. The topological polar surface area (TPSA) is 47.6 Å². The lowest BCUT2D eigenvalue weighted by molar-refractivity contribution is -0.118. The first-order chi connectivity index (χ1) is 13.6. The van der Waals surface area contributed by atoms with E-state index in [1.54, 1.807) is 0 Å². The first kappa shape index (κ1) is 16.9. The van der Waals surface area contributed by atoms with Crippen LogP contribution in [0.5, 0.6) is 11.5 Å². The third-order valence-corrected chi connectivity index (χ3v) is 5.62. The second-order valence-corrected chi connectivity index (χ2v) is 7.55. The summed E-state index contributed by atoms with van der Waals surface area (Å²) in [7, 11) is 0. The zero-order valence-corrected chi connectivity index (χ0v) is 15.7. The number of carbonyl (C=O) groups excluding carboxylic acids is 1. The fraction of sp³-hybridized carbons (Fsp3) is 0.208. The molecule has 5 rings (SSSR count). The summed E-state index contributed by atoms with van der Waals surface area (Å²) in [4.78, 5) is 13.1. The molecule has 3 aromatic rings. The van der Waals surface area contributed by atoms with Gasteiger partial charge >= 0.3 is 0 Å². The molecular weight excluding hydrogens is 350 g/mol. The zero-order valence-electron chi connectivity index (χ0n) is 15.7. The van der Waals surface area contributed by atoms with Gasteiger partial charge in [0.05, 0.1) is 5.41 Å². The molecule has 0 radical (unpaired) electrons. The summed E-state index contributed by atoms with van der Waals surface area (Å²) in [6.07, 6.45) is 1.69. The van der Waals surface area contributed by atoms with Crippen LogP contribution in [-0.2, 0) is 10.2 Å². The van der Waals surface area contributed by atoms with Crippen LogP contribution in [-0.4, -0.2) is 12.7 Å². The minimum absolute atomic E-state index is 0. The van der Waals surface area contributed by atoms with Crippen molar-refractivity contribution in [3.63, 3.8) is 0 Å². The van der Waals surface area contributed by atoms with Crippen LogP contribution in [0.1, 0.15) is 25.4 Å². The van der Waals surface area contributed by atoms with Crippen LogP contribution >= 0.6 is 0 Å². The van der Waals surface area contributed by atoms with E-state index in [1.807, 2.05) is 36.4 Å². The normalized spacial score (nSPS) is 15.9. The summed E-state index contributed by atoms with van der Waals surface area (Å²) >= 11 is 0. The Morgan fingerprint density at radius 1 is 0.929 bits per heavy atom. The summed E-state index contributed by atoms with van der Waals surface area (Å²) in [5.74, 6) is 1.50. The molecule has 1 fully saturated rings. The molecule has 1 heterocycles. The molecule has 0 aromatic heterocycles. The Kier molecular flexibility index (Phi) is 3.86. The smallest absolute Gasteiger partial charge is 0.235 e. The van der Waals surface area contributed by atoms with Gasteiger partial charge in [0, 0.05) is 7.11 Å². The van der Waals surface area contributed by atoms with Crippen molar-refractivity contribution in [2.45, 2.75) is 25.2 Å². The molecule has 2 aliphatic rings. The van der Waals surface area contributed by atoms with Crippen molar-refractivity contribution in [3.05, 3.63) is 77.9 Å². The van der Waals surface area contributed by atoms with Gasteiger partial charge in [-0.1, -0.05) is 48.0 Å². The second kappa shape index (κ2) is 6.41. The molecule has 0 atom stereocenters. The van der Waals surface area contributed by atoms with E-state index in [9.17, 15) is 4.79 Å². The Bertz CT molecular complexity index is 1060. The van der Waals surface area contributed by atoms with Gasteiger partial charge in [0.1, 0.15) is 0 Å². The van der Waals surface area contributed by atoms with Gasteiger partial charge in [0.15, 0.2) is 11.5 Å². The van der Waals surface area contributed by atoms with Crippen LogP contribution in [0.3, 0.4) is 0 Å². The molecule has 1 N–H and O–H groups in total. The third kappa shape index (κ3) is 2.91. The lowest BCUT2D eigenvalue weighted by atomic mass is 9.94. The van der Waals surface area contributed by atoms with Crippen molar-refractivity contribution in [2.75, 3.05) is 12.1 Å². The fourth-order valence-electron chi connectivity index (χ4n) is 3.74. The third-order valence-electron chi connectivity index (χ3n) is 5.62. The number of hydrogen-bond acceptors (Lipinski definition) is 3. The maximum absolute atomic E-state index is 13.1. The summed E-state index contributed by atoms with van der Waals surface area (Å²) in [6, 6.07) is 22.2. The quantitative estimate of drug-likeness (QED) is 0.674. The van der Waals surface area contributed by atoms with Crippen molar-refractivity contribution in [2.24, 2.45) is 0 Å². The molecule has 1 amide bonds. The highest BCUT2D eigenvalue weighted by Gasteiger charge is 2.51. The van der Waals surface area contributed by atoms with Gasteiger partial charge in [-0.3, -0.25) is 4.79 Å². The van der Waals surface area contributed by atoms with Gasteiger partial charge in [-0.15, -0.1) is 0 Å². The number of fused-ring (bicyclic) bond motifs is 1. The molecule has 4 heteroatoms. The first-order valence-electron chi connectivity index (χ1n) is 9.53. The molecule has 142 valence electrons. The van der Waals surface area contributed by atoms with Gasteiger partial charge in [0.25, 0.3) is 0 Å². The first-order valence-corrected chi connectivity index (χ1v) is 9.53. The average molecular weight is 373 g/mol. The molecule has 0 spiro atoms. The Labute approximate surface area is 165 Å². The molecular formula is C24H23NO3. The number of amides is 1. The van der Waals surface area contributed by atoms with Crippen molar-refractivity contribution < 1.29 is 15.7 Å². The average Bonchev–Trinajstić information content (AvgIpc) is 3.40. The summed E-state index contributed by atoms with van der Waals surface area (Å²) in [5.41, 5.74) is 4.79. The Morgan fingerprint density at radius 3 is 2.50 bits per heavy atom. The predicted molar refractivity (Wildman–Crippen MR) is 111 cm³/mol. The van der Waals surface area contributed by atoms with Gasteiger partial charge < -0.3 is 14.8 Å². The summed E-state index contributed by atoms with van der Waals surface area (Å²) in [5, 5.41) is 3.12. The molecule has 4 nitrogen and oxygen atoms in total. The van der Waals surface area contributed by atoms with E-state index in [0.29, 0.717) is 0 Å². The highest BCUT2D eigenvalue weighted by molar-refractivity contribution is 6.01. The molecule has 28 heavy (non-hydrogen) atoms. The minimum atomic E-state index is -0.471. The highest BCUT2D eigenvalue weighted by atomic mass is 16.7. The number of carbonyl (C=O) groups is 1. The molecule has 1 saturated carbocycles. The van der Waals surface area contributed by atoms with Gasteiger partial charge in [0.2, 0.25) is 12.7 Å². The van der Waals surface area contributed by atoms with E-state index >= 15 is 0 Å². The fourth-order valence-corrected chi connectivity index (χ4v) is 3.74. The van der Waals surface area contributed by atoms with Crippen molar-refractivity contribution in [3.8, 4) is 22.6 Å². The van der Waals surface area contributed by atoms with Crippen molar-refractivity contribution in [1.82, 2.24) is 0 Å². The number of anilines is 1. The number of benzene rings is 3. The van der Waals surface area contributed by atoms with Crippen molar-refractivity contribution >= 4 is 11.6 Å². The Hall–Kier alpha value is -3.27. The molecule has 0 saturated heterocycles.